The number of benzene rings is 1. The molecular weight excluding hydrogens is 244 g/mol. The number of amides is 1. The Bertz CT molecular complexity index is 761. The lowest BCUT2D eigenvalue weighted by Crippen LogP contribution is -2.12. The molecule has 0 radical (unpaired) electrons. The van der Waals surface area contributed by atoms with E-state index in [-0.39, 0.29) is 17.1 Å². The number of H-pyrrole nitrogens is 1. The molecule has 0 unspecified atom stereocenters. The highest BCUT2D eigenvalue weighted by atomic mass is 16.3. The van der Waals surface area contributed by atoms with E-state index in [1.54, 1.807) is 12.1 Å². The molecule has 0 bridgehead atoms. The third-order valence-corrected chi connectivity index (χ3v) is 2.65. The van der Waals surface area contributed by atoms with Crippen LogP contribution in [0.5, 0.6) is 0 Å². The van der Waals surface area contributed by atoms with Crippen LogP contribution >= 0.6 is 0 Å². The zero-order chi connectivity index (χ0) is 13.2. The monoisotopic (exact) mass is 252 g/mol. The zero-order valence-electron chi connectivity index (χ0n) is 9.68. The molecule has 0 saturated heterocycles. The van der Waals surface area contributed by atoms with Gasteiger partial charge in [-0.15, -0.1) is 0 Å². The molecule has 2 N–H and O–H groups in total. The highest BCUT2D eigenvalue weighted by Crippen LogP contribution is 2.20. The van der Waals surface area contributed by atoms with Crippen molar-refractivity contribution in [3.05, 3.63) is 47.9 Å². The van der Waals surface area contributed by atoms with E-state index in [9.17, 15) is 4.79 Å². The number of aromatic nitrogens is 2. The van der Waals surface area contributed by atoms with Crippen molar-refractivity contribution in [1.82, 2.24) is 10.2 Å². The third kappa shape index (κ3) is 1.93. The van der Waals surface area contributed by atoms with Crippen LogP contribution in [0.2, 0.25) is 0 Å². The molecule has 2 aromatic heterocycles. The fourth-order valence-corrected chi connectivity index (χ4v) is 1.74. The van der Waals surface area contributed by atoms with E-state index >= 15 is 0 Å². The molecule has 0 fully saturated rings. The van der Waals surface area contributed by atoms with Crippen LogP contribution in [-0.2, 0) is 0 Å². The Morgan fingerprint density at radius 2 is 2.26 bits per heavy atom. The second kappa shape index (κ2) is 4.31. The molecule has 0 atom stereocenters. The van der Waals surface area contributed by atoms with Gasteiger partial charge in [-0.2, -0.15) is 10.4 Å². The maximum absolute atomic E-state index is 12.0. The third-order valence-electron chi connectivity index (χ3n) is 2.65. The van der Waals surface area contributed by atoms with E-state index in [1.807, 2.05) is 24.3 Å². The number of carbonyl (C=O) groups is 1. The Kier molecular flexibility index (Phi) is 2.50. The molecule has 3 aromatic rings. The van der Waals surface area contributed by atoms with Crippen LogP contribution in [0.4, 0.5) is 5.82 Å². The molecule has 0 aliphatic heterocycles. The lowest BCUT2D eigenvalue weighted by molar-refractivity contribution is 0.0998. The van der Waals surface area contributed by atoms with Gasteiger partial charge < -0.3 is 9.73 Å². The van der Waals surface area contributed by atoms with Crippen molar-refractivity contribution >= 4 is 22.7 Å². The summed E-state index contributed by atoms with van der Waals surface area (Å²) in [5.41, 5.74) is 0.905. The summed E-state index contributed by atoms with van der Waals surface area (Å²) in [6, 6.07) is 10.9. The number of nitriles is 1. The predicted octanol–water partition coefficient (Wildman–Crippen LogP) is 2.28. The van der Waals surface area contributed by atoms with Gasteiger partial charge in [0.1, 0.15) is 23.0 Å². The quantitative estimate of drug-likeness (QED) is 0.731. The first-order valence-electron chi connectivity index (χ1n) is 5.51. The van der Waals surface area contributed by atoms with E-state index in [1.165, 1.54) is 6.20 Å². The normalized spacial score (nSPS) is 10.3. The van der Waals surface area contributed by atoms with Crippen LogP contribution in [0.15, 0.2) is 40.9 Å². The van der Waals surface area contributed by atoms with Crippen molar-refractivity contribution in [1.29, 1.82) is 5.26 Å². The number of anilines is 1. The van der Waals surface area contributed by atoms with Gasteiger partial charge in [0.15, 0.2) is 5.76 Å². The summed E-state index contributed by atoms with van der Waals surface area (Å²) in [4.78, 5) is 12.0. The van der Waals surface area contributed by atoms with Crippen LogP contribution in [0.25, 0.3) is 11.0 Å². The molecule has 0 spiro atoms. The minimum atomic E-state index is -0.433. The molecule has 92 valence electrons. The molecular formula is C13H8N4O2. The molecule has 6 nitrogen and oxygen atoms in total. The summed E-state index contributed by atoms with van der Waals surface area (Å²) >= 11 is 0. The number of rotatable bonds is 2. The molecule has 0 aliphatic rings. The molecule has 1 aromatic carbocycles. The van der Waals surface area contributed by atoms with E-state index < -0.39 is 5.91 Å². The predicted molar refractivity (Wildman–Crippen MR) is 67.5 cm³/mol. The largest absolute Gasteiger partial charge is 0.451 e. The first kappa shape index (κ1) is 11.0. The standard InChI is InChI=1S/C13H8N4O2/c14-6-9-7-15-17-12(9)16-13(18)11-5-8-3-1-2-4-10(8)19-11/h1-5,7H,(H2,15,16,17,18). The minimum absolute atomic E-state index is 0.180. The molecule has 0 saturated carbocycles. The van der Waals surface area contributed by atoms with Gasteiger partial charge in [0.2, 0.25) is 0 Å². The summed E-state index contributed by atoms with van der Waals surface area (Å²) in [5, 5.41) is 18.4. The van der Waals surface area contributed by atoms with Crippen molar-refractivity contribution < 1.29 is 9.21 Å². The van der Waals surface area contributed by atoms with E-state index in [0.717, 1.165) is 5.39 Å². The SMILES string of the molecule is N#Cc1cn[nH]c1NC(=O)c1cc2ccccc2o1. The van der Waals surface area contributed by atoms with E-state index in [4.69, 9.17) is 9.68 Å². The summed E-state index contributed by atoms with van der Waals surface area (Å²) in [6.45, 7) is 0. The smallest absolute Gasteiger partial charge is 0.292 e. The van der Waals surface area contributed by atoms with Crippen LogP contribution < -0.4 is 5.32 Å². The first-order chi connectivity index (χ1) is 9.28. The zero-order valence-corrected chi connectivity index (χ0v) is 9.68. The minimum Gasteiger partial charge on any atom is -0.451 e. The average Bonchev–Trinajstić information content (AvgIpc) is 3.03. The van der Waals surface area contributed by atoms with Gasteiger partial charge >= 0.3 is 0 Å². The maximum atomic E-state index is 12.0. The summed E-state index contributed by atoms with van der Waals surface area (Å²) in [7, 11) is 0. The van der Waals surface area contributed by atoms with Gasteiger partial charge in [-0.3, -0.25) is 9.89 Å². The van der Waals surface area contributed by atoms with Gasteiger partial charge in [0.05, 0.1) is 6.20 Å². The maximum Gasteiger partial charge on any atom is 0.292 e. The van der Waals surface area contributed by atoms with Crippen molar-refractivity contribution in [2.45, 2.75) is 0 Å². The van der Waals surface area contributed by atoms with Crippen LogP contribution in [0.3, 0.4) is 0 Å². The van der Waals surface area contributed by atoms with Gasteiger partial charge in [-0.05, 0) is 12.1 Å². The van der Waals surface area contributed by atoms with Crippen molar-refractivity contribution in [3.63, 3.8) is 0 Å². The highest BCUT2D eigenvalue weighted by Gasteiger charge is 2.14. The number of hydrogen-bond donors (Lipinski definition) is 2. The number of fused-ring (bicyclic) bond motifs is 1. The molecule has 19 heavy (non-hydrogen) atoms. The average molecular weight is 252 g/mol. The van der Waals surface area contributed by atoms with Crippen molar-refractivity contribution in [2.75, 3.05) is 5.32 Å². The fraction of sp³-hybridized carbons (Fsp3) is 0. The number of nitrogens with one attached hydrogen (secondary N) is 2. The van der Waals surface area contributed by atoms with Gasteiger partial charge in [0.25, 0.3) is 5.91 Å². The summed E-state index contributed by atoms with van der Waals surface area (Å²) in [6.07, 6.45) is 1.34. The lowest BCUT2D eigenvalue weighted by Gasteiger charge is -1.99. The molecule has 1 amide bonds. The van der Waals surface area contributed by atoms with Crippen molar-refractivity contribution in [3.8, 4) is 6.07 Å². The molecule has 3 rings (SSSR count). The Balaban J connectivity index is 1.90. The van der Waals surface area contributed by atoms with Crippen LogP contribution in [0.1, 0.15) is 16.1 Å². The topological polar surface area (TPSA) is 94.7 Å². The number of furan rings is 1. The second-order valence-corrected chi connectivity index (χ2v) is 3.87. The second-order valence-electron chi connectivity index (χ2n) is 3.87. The number of hydrogen-bond acceptors (Lipinski definition) is 4. The van der Waals surface area contributed by atoms with E-state index in [2.05, 4.69) is 15.5 Å². The number of carbonyl (C=O) groups excluding carboxylic acids is 1. The summed E-state index contributed by atoms with van der Waals surface area (Å²) in [5.74, 6) is 0.00426. The van der Waals surface area contributed by atoms with Gasteiger partial charge in [-0.25, -0.2) is 0 Å². The number of para-hydroxylation sites is 1. The Morgan fingerprint density at radius 3 is 3.05 bits per heavy atom. The van der Waals surface area contributed by atoms with E-state index in [0.29, 0.717) is 5.58 Å². The van der Waals surface area contributed by atoms with Crippen LogP contribution in [-0.4, -0.2) is 16.1 Å². The molecule has 0 aliphatic carbocycles. The fourth-order valence-electron chi connectivity index (χ4n) is 1.74. The number of aromatic amines is 1. The Labute approximate surface area is 107 Å². The molecule has 6 heteroatoms. The summed E-state index contributed by atoms with van der Waals surface area (Å²) < 4.78 is 5.42. The highest BCUT2D eigenvalue weighted by molar-refractivity contribution is 6.04. The van der Waals surface area contributed by atoms with Crippen LogP contribution in [0, 0.1) is 11.3 Å². The first-order valence-corrected chi connectivity index (χ1v) is 5.51. The Morgan fingerprint density at radius 1 is 1.42 bits per heavy atom. The molecule has 2 heterocycles. The van der Waals surface area contributed by atoms with Crippen molar-refractivity contribution in [2.24, 2.45) is 0 Å². The van der Waals surface area contributed by atoms with Gasteiger partial charge in [-0.1, -0.05) is 18.2 Å². The number of nitrogens with zero attached hydrogens (tertiary/aromatic N) is 2. The Hall–Kier alpha value is -3.07. The van der Waals surface area contributed by atoms with Gasteiger partial charge in [0, 0.05) is 5.39 Å². The lowest BCUT2D eigenvalue weighted by atomic mass is 10.2.